The second-order valence-corrected chi connectivity index (χ2v) is 6.13. The molecule has 1 aromatic rings. The van der Waals surface area contributed by atoms with Crippen molar-refractivity contribution in [1.29, 1.82) is 0 Å². The summed E-state index contributed by atoms with van der Waals surface area (Å²) < 4.78 is 0. The van der Waals surface area contributed by atoms with Gasteiger partial charge in [-0.05, 0) is 34.1 Å². The lowest BCUT2D eigenvalue weighted by Crippen LogP contribution is -2.41. The summed E-state index contributed by atoms with van der Waals surface area (Å²) in [4.78, 5) is 7.06. The monoisotopic (exact) mass is 269 g/mol. The quantitative estimate of drug-likeness (QED) is 0.736. The summed E-state index contributed by atoms with van der Waals surface area (Å²) >= 11 is 1.76. The first-order valence-electron chi connectivity index (χ1n) is 6.94. The molecule has 0 saturated carbocycles. The van der Waals surface area contributed by atoms with E-state index < -0.39 is 0 Å². The summed E-state index contributed by atoms with van der Waals surface area (Å²) in [5, 5.41) is 6.88. The van der Waals surface area contributed by atoms with Crippen LogP contribution in [0.1, 0.15) is 45.3 Å². The number of aryl methyl sites for hydroxylation is 1. The van der Waals surface area contributed by atoms with Gasteiger partial charge in [0.25, 0.3) is 0 Å². The minimum atomic E-state index is 0.609. The first-order chi connectivity index (χ1) is 8.54. The smallest absolute Gasteiger partial charge is 0.0926 e. The highest BCUT2D eigenvalue weighted by Crippen LogP contribution is 2.09. The molecule has 104 valence electrons. The zero-order valence-electron chi connectivity index (χ0n) is 12.4. The van der Waals surface area contributed by atoms with Crippen molar-refractivity contribution < 1.29 is 0 Å². The van der Waals surface area contributed by atoms with Crippen LogP contribution in [-0.2, 0) is 13.0 Å². The Morgan fingerprint density at radius 2 is 1.94 bits per heavy atom. The first kappa shape index (κ1) is 15.6. The topological polar surface area (TPSA) is 28.2 Å². The molecule has 0 aliphatic heterocycles. The Labute approximate surface area is 116 Å². The van der Waals surface area contributed by atoms with Gasteiger partial charge in [0.05, 0.1) is 10.7 Å². The Balaban J connectivity index is 2.25. The molecule has 0 aromatic carbocycles. The first-order valence-corrected chi connectivity index (χ1v) is 7.82. The third-order valence-corrected chi connectivity index (χ3v) is 4.12. The van der Waals surface area contributed by atoms with Crippen LogP contribution in [0.5, 0.6) is 0 Å². The van der Waals surface area contributed by atoms with Crippen molar-refractivity contribution in [2.75, 3.05) is 13.1 Å². The molecule has 1 aromatic heterocycles. The molecule has 0 radical (unpaired) electrons. The van der Waals surface area contributed by atoms with Gasteiger partial charge in [0.15, 0.2) is 0 Å². The lowest BCUT2D eigenvalue weighted by Gasteiger charge is -2.30. The van der Waals surface area contributed by atoms with E-state index in [4.69, 9.17) is 0 Å². The van der Waals surface area contributed by atoms with E-state index in [1.165, 1.54) is 10.7 Å². The van der Waals surface area contributed by atoms with Crippen LogP contribution in [0.4, 0.5) is 0 Å². The van der Waals surface area contributed by atoms with Crippen LogP contribution < -0.4 is 5.32 Å². The summed E-state index contributed by atoms with van der Waals surface area (Å²) in [7, 11) is 0. The van der Waals surface area contributed by atoms with Gasteiger partial charge >= 0.3 is 0 Å². The van der Waals surface area contributed by atoms with Gasteiger partial charge < -0.3 is 5.32 Å². The molecule has 0 aliphatic carbocycles. The van der Waals surface area contributed by atoms with Gasteiger partial charge in [-0.1, -0.05) is 6.92 Å². The highest BCUT2D eigenvalue weighted by molar-refractivity contribution is 7.09. The fraction of sp³-hybridized carbons (Fsp3) is 0.786. The average Bonchev–Trinajstić information content (AvgIpc) is 2.75. The molecule has 0 unspecified atom stereocenters. The van der Waals surface area contributed by atoms with Crippen LogP contribution in [-0.4, -0.2) is 35.1 Å². The van der Waals surface area contributed by atoms with Crippen LogP contribution in [0, 0.1) is 0 Å². The van der Waals surface area contributed by atoms with Gasteiger partial charge in [-0.15, -0.1) is 11.3 Å². The Bertz CT molecular complexity index is 326. The summed E-state index contributed by atoms with van der Waals surface area (Å²) in [6, 6.07) is 1.22. The number of hydrogen-bond donors (Lipinski definition) is 1. The van der Waals surface area contributed by atoms with Gasteiger partial charge in [0.1, 0.15) is 0 Å². The van der Waals surface area contributed by atoms with Gasteiger partial charge in [0, 0.05) is 37.1 Å². The Hall–Kier alpha value is -0.450. The van der Waals surface area contributed by atoms with Crippen molar-refractivity contribution in [3.05, 3.63) is 16.1 Å². The second-order valence-electron chi connectivity index (χ2n) is 5.19. The molecule has 1 heterocycles. The van der Waals surface area contributed by atoms with Gasteiger partial charge in [-0.25, -0.2) is 4.98 Å². The summed E-state index contributed by atoms with van der Waals surface area (Å²) in [5.41, 5.74) is 1.18. The molecule has 18 heavy (non-hydrogen) atoms. The Morgan fingerprint density at radius 1 is 1.28 bits per heavy atom. The maximum atomic E-state index is 4.56. The summed E-state index contributed by atoms with van der Waals surface area (Å²) in [6.45, 7) is 14.2. The maximum Gasteiger partial charge on any atom is 0.0926 e. The molecule has 0 saturated heterocycles. The van der Waals surface area contributed by atoms with Gasteiger partial charge in [-0.2, -0.15) is 0 Å². The maximum absolute atomic E-state index is 4.56. The molecule has 4 heteroatoms. The predicted molar refractivity (Wildman–Crippen MR) is 80.2 cm³/mol. The zero-order valence-corrected chi connectivity index (χ0v) is 13.2. The van der Waals surface area contributed by atoms with E-state index in [2.05, 4.69) is 55.2 Å². The van der Waals surface area contributed by atoms with Crippen LogP contribution in [0.15, 0.2) is 5.38 Å². The molecule has 0 fully saturated rings. The van der Waals surface area contributed by atoms with Crippen LogP contribution >= 0.6 is 11.3 Å². The molecule has 1 rings (SSSR count). The molecule has 0 aliphatic rings. The molecule has 0 spiro atoms. The number of rotatable bonds is 8. The normalized spacial score (nSPS) is 12.0. The standard InChI is InChI=1S/C14H27N3S/c1-6-14-16-13(10-18-14)9-15-7-8-17(11(2)3)12(4)5/h10-12,15H,6-9H2,1-5H3. The summed E-state index contributed by atoms with van der Waals surface area (Å²) in [6.07, 6.45) is 1.04. The third-order valence-electron chi connectivity index (χ3n) is 3.08. The zero-order chi connectivity index (χ0) is 13.5. The third kappa shape index (κ3) is 5.04. The average molecular weight is 269 g/mol. The number of hydrogen-bond acceptors (Lipinski definition) is 4. The van der Waals surface area contributed by atoms with Crippen molar-refractivity contribution in [3.63, 3.8) is 0 Å². The second kappa shape index (κ2) is 7.87. The molecule has 0 amide bonds. The minimum absolute atomic E-state index is 0.609. The lowest BCUT2D eigenvalue weighted by molar-refractivity contribution is 0.175. The van der Waals surface area contributed by atoms with Gasteiger partial charge in [-0.3, -0.25) is 4.90 Å². The van der Waals surface area contributed by atoms with Crippen LogP contribution in [0.3, 0.4) is 0 Å². The molecular weight excluding hydrogens is 242 g/mol. The number of nitrogens with zero attached hydrogens (tertiary/aromatic N) is 2. The van der Waals surface area contributed by atoms with E-state index in [0.29, 0.717) is 12.1 Å². The van der Waals surface area contributed by atoms with Crippen LogP contribution in [0.2, 0.25) is 0 Å². The molecule has 0 atom stereocenters. The fourth-order valence-corrected chi connectivity index (χ4v) is 2.87. The van der Waals surface area contributed by atoms with E-state index in [1.54, 1.807) is 11.3 Å². The van der Waals surface area contributed by atoms with E-state index in [1.807, 2.05) is 0 Å². The Kier molecular flexibility index (Phi) is 6.82. The minimum Gasteiger partial charge on any atom is -0.310 e. The van der Waals surface area contributed by atoms with Crippen molar-refractivity contribution in [2.45, 2.75) is 59.7 Å². The van der Waals surface area contributed by atoms with E-state index in [0.717, 1.165) is 26.1 Å². The van der Waals surface area contributed by atoms with Crippen molar-refractivity contribution in [3.8, 4) is 0 Å². The van der Waals surface area contributed by atoms with E-state index >= 15 is 0 Å². The molecule has 0 bridgehead atoms. The molecule has 3 nitrogen and oxygen atoms in total. The predicted octanol–water partition coefficient (Wildman–Crippen LogP) is 2.91. The van der Waals surface area contributed by atoms with E-state index in [9.17, 15) is 0 Å². The van der Waals surface area contributed by atoms with Crippen molar-refractivity contribution in [2.24, 2.45) is 0 Å². The number of nitrogens with one attached hydrogen (secondary N) is 1. The number of aromatic nitrogens is 1. The van der Waals surface area contributed by atoms with Crippen molar-refractivity contribution in [1.82, 2.24) is 15.2 Å². The van der Waals surface area contributed by atoms with Gasteiger partial charge in [0.2, 0.25) is 0 Å². The summed E-state index contributed by atoms with van der Waals surface area (Å²) in [5.74, 6) is 0. The highest BCUT2D eigenvalue weighted by Gasteiger charge is 2.12. The molecular formula is C14H27N3S. The van der Waals surface area contributed by atoms with E-state index in [-0.39, 0.29) is 0 Å². The number of thiazole rings is 1. The molecule has 1 N–H and O–H groups in total. The SMILES string of the molecule is CCc1nc(CNCCN(C(C)C)C(C)C)cs1. The highest BCUT2D eigenvalue weighted by atomic mass is 32.1. The Morgan fingerprint density at radius 3 is 2.44 bits per heavy atom. The lowest BCUT2D eigenvalue weighted by atomic mass is 10.2. The fourth-order valence-electron chi connectivity index (χ4n) is 2.13. The van der Waals surface area contributed by atoms with Crippen LogP contribution in [0.25, 0.3) is 0 Å². The van der Waals surface area contributed by atoms with Crippen molar-refractivity contribution >= 4 is 11.3 Å². The largest absolute Gasteiger partial charge is 0.310 e.